The molecule has 0 amide bonds. The summed E-state index contributed by atoms with van der Waals surface area (Å²) in [5.41, 5.74) is 1.90. The fourth-order valence-electron chi connectivity index (χ4n) is 1.80. The number of aromatic nitrogens is 2. The molecule has 2 N–H and O–H groups in total. The van der Waals surface area contributed by atoms with Crippen LogP contribution in [0.15, 0.2) is 18.3 Å². The Balaban J connectivity index is 2.28. The molecule has 0 aliphatic rings. The number of nitrogens with one attached hydrogen (secondary N) is 1. The molecule has 0 spiro atoms. The Hall–Kier alpha value is -1.62. The van der Waals surface area contributed by atoms with Crippen LogP contribution in [0.25, 0.3) is 10.7 Å². The quantitative estimate of drug-likeness (QED) is 0.876. The minimum absolute atomic E-state index is 0.00807. The molecule has 0 aliphatic heterocycles. The Morgan fingerprint density at radius 3 is 3.00 bits per heavy atom. The van der Waals surface area contributed by atoms with E-state index in [2.05, 4.69) is 9.97 Å². The van der Waals surface area contributed by atoms with Gasteiger partial charge < -0.3 is 10.1 Å². The SMILES string of the molecule is Cc1nc(-c2ccc[nH]2)sc1C(C)CC(=O)O. The zero-order valence-electron chi connectivity index (χ0n) is 9.73. The molecule has 17 heavy (non-hydrogen) atoms. The first-order chi connectivity index (χ1) is 8.08. The lowest BCUT2D eigenvalue weighted by molar-refractivity contribution is -0.137. The van der Waals surface area contributed by atoms with E-state index < -0.39 is 5.97 Å². The van der Waals surface area contributed by atoms with Gasteiger partial charge in [-0.15, -0.1) is 11.3 Å². The van der Waals surface area contributed by atoms with Crippen molar-refractivity contribution in [3.8, 4) is 10.7 Å². The third kappa shape index (κ3) is 2.55. The van der Waals surface area contributed by atoms with Crippen molar-refractivity contribution in [1.29, 1.82) is 0 Å². The number of carbonyl (C=O) groups is 1. The lowest BCUT2D eigenvalue weighted by Crippen LogP contribution is -2.02. The molecule has 2 heterocycles. The minimum atomic E-state index is -0.772. The maximum Gasteiger partial charge on any atom is 0.303 e. The number of aliphatic carboxylic acids is 1. The molecular weight excluding hydrogens is 236 g/mol. The molecule has 0 fully saturated rings. The highest BCUT2D eigenvalue weighted by atomic mass is 32.1. The molecule has 4 nitrogen and oxygen atoms in total. The van der Waals surface area contributed by atoms with Crippen molar-refractivity contribution in [2.45, 2.75) is 26.2 Å². The van der Waals surface area contributed by atoms with E-state index in [0.29, 0.717) is 0 Å². The van der Waals surface area contributed by atoms with Gasteiger partial charge in [0.25, 0.3) is 0 Å². The molecule has 0 aromatic carbocycles. The lowest BCUT2D eigenvalue weighted by atomic mass is 10.1. The summed E-state index contributed by atoms with van der Waals surface area (Å²) >= 11 is 1.56. The number of aryl methyl sites for hydroxylation is 1. The highest BCUT2D eigenvalue weighted by Crippen LogP contribution is 2.33. The number of nitrogens with zero attached hydrogens (tertiary/aromatic N) is 1. The van der Waals surface area contributed by atoms with Gasteiger partial charge in [-0.25, -0.2) is 4.98 Å². The maximum atomic E-state index is 10.7. The topological polar surface area (TPSA) is 66.0 Å². The van der Waals surface area contributed by atoms with Crippen molar-refractivity contribution in [1.82, 2.24) is 9.97 Å². The summed E-state index contributed by atoms with van der Waals surface area (Å²) in [6, 6.07) is 3.89. The fraction of sp³-hybridized carbons (Fsp3) is 0.333. The molecular formula is C12H14N2O2S. The first-order valence-electron chi connectivity index (χ1n) is 5.41. The van der Waals surface area contributed by atoms with Gasteiger partial charge in [-0.2, -0.15) is 0 Å². The van der Waals surface area contributed by atoms with Gasteiger partial charge in [0.2, 0.25) is 0 Å². The zero-order chi connectivity index (χ0) is 12.4. The zero-order valence-corrected chi connectivity index (χ0v) is 10.5. The third-order valence-electron chi connectivity index (χ3n) is 2.59. The number of carboxylic acid groups (broad SMARTS) is 1. The predicted octanol–water partition coefficient (Wildman–Crippen LogP) is 3.02. The lowest BCUT2D eigenvalue weighted by Gasteiger charge is -2.05. The van der Waals surface area contributed by atoms with Crippen molar-refractivity contribution in [3.05, 3.63) is 28.9 Å². The van der Waals surface area contributed by atoms with Crippen LogP contribution in [0.4, 0.5) is 0 Å². The van der Waals surface area contributed by atoms with Gasteiger partial charge in [-0.05, 0) is 19.1 Å². The third-order valence-corrected chi connectivity index (χ3v) is 4.01. The number of rotatable bonds is 4. The van der Waals surface area contributed by atoms with Crippen LogP contribution >= 0.6 is 11.3 Å². The van der Waals surface area contributed by atoms with Crippen molar-refractivity contribution >= 4 is 17.3 Å². The number of aromatic amines is 1. The van der Waals surface area contributed by atoms with Crippen LogP contribution in [0.5, 0.6) is 0 Å². The molecule has 0 saturated heterocycles. The average molecular weight is 250 g/mol. The van der Waals surface area contributed by atoms with Gasteiger partial charge in [0, 0.05) is 17.0 Å². The molecule has 0 radical (unpaired) electrons. The van der Waals surface area contributed by atoms with Crippen LogP contribution < -0.4 is 0 Å². The molecule has 2 aromatic heterocycles. The standard InChI is InChI=1S/C12H14N2O2S/c1-7(6-10(15)16)11-8(2)14-12(17-11)9-4-3-5-13-9/h3-5,7,13H,6H2,1-2H3,(H,15,16). The second-order valence-corrected chi connectivity index (χ2v) is 5.08. The molecule has 1 atom stereocenters. The molecule has 2 rings (SSSR count). The molecule has 2 aromatic rings. The highest BCUT2D eigenvalue weighted by Gasteiger charge is 2.17. The smallest absolute Gasteiger partial charge is 0.303 e. The Bertz CT molecular complexity index is 517. The highest BCUT2D eigenvalue weighted by molar-refractivity contribution is 7.15. The summed E-state index contributed by atoms with van der Waals surface area (Å²) in [6.07, 6.45) is 2.00. The fourth-order valence-corrected chi connectivity index (χ4v) is 2.90. The van der Waals surface area contributed by atoms with Crippen molar-refractivity contribution < 1.29 is 9.90 Å². The summed E-state index contributed by atoms with van der Waals surface area (Å²) in [4.78, 5) is 19.3. The Kier molecular flexibility index (Phi) is 3.28. The summed E-state index contributed by atoms with van der Waals surface area (Å²) in [7, 11) is 0. The summed E-state index contributed by atoms with van der Waals surface area (Å²) < 4.78 is 0. The summed E-state index contributed by atoms with van der Waals surface area (Å²) in [6.45, 7) is 3.85. The summed E-state index contributed by atoms with van der Waals surface area (Å²) in [5, 5.41) is 9.72. The monoisotopic (exact) mass is 250 g/mol. The van der Waals surface area contributed by atoms with Crippen LogP contribution in [0.1, 0.15) is 29.8 Å². The van der Waals surface area contributed by atoms with Crippen molar-refractivity contribution in [2.75, 3.05) is 0 Å². The first-order valence-corrected chi connectivity index (χ1v) is 6.22. The van der Waals surface area contributed by atoms with Gasteiger partial charge in [-0.1, -0.05) is 6.92 Å². The van der Waals surface area contributed by atoms with Crippen LogP contribution in [-0.4, -0.2) is 21.0 Å². The second-order valence-electron chi connectivity index (χ2n) is 4.05. The van der Waals surface area contributed by atoms with Gasteiger partial charge in [0.1, 0.15) is 5.01 Å². The molecule has 0 saturated carbocycles. The normalized spacial score (nSPS) is 12.6. The van der Waals surface area contributed by atoms with E-state index in [1.807, 2.05) is 32.2 Å². The Morgan fingerprint density at radius 2 is 2.41 bits per heavy atom. The second kappa shape index (κ2) is 4.71. The van der Waals surface area contributed by atoms with Crippen LogP contribution in [0, 0.1) is 6.92 Å². The van der Waals surface area contributed by atoms with Crippen LogP contribution in [0.3, 0.4) is 0 Å². The molecule has 0 aliphatic carbocycles. The van der Waals surface area contributed by atoms with Crippen molar-refractivity contribution in [3.63, 3.8) is 0 Å². The van der Waals surface area contributed by atoms with E-state index in [1.165, 1.54) is 0 Å². The molecule has 1 unspecified atom stereocenters. The average Bonchev–Trinajstić information content (AvgIpc) is 2.84. The Labute approximate surface area is 103 Å². The van der Waals surface area contributed by atoms with E-state index in [-0.39, 0.29) is 12.3 Å². The van der Waals surface area contributed by atoms with Gasteiger partial charge >= 0.3 is 5.97 Å². The van der Waals surface area contributed by atoms with Gasteiger partial charge in [-0.3, -0.25) is 4.79 Å². The van der Waals surface area contributed by atoms with Crippen molar-refractivity contribution in [2.24, 2.45) is 0 Å². The number of thiazole rings is 1. The number of hydrogen-bond donors (Lipinski definition) is 2. The number of carboxylic acids is 1. The van der Waals surface area contributed by atoms with E-state index in [1.54, 1.807) is 11.3 Å². The summed E-state index contributed by atoms with van der Waals surface area (Å²) in [5.74, 6) is -0.763. The molecule has 5 heteroatoms. The molecule has 0 bridgehead atoms. The largest absolute Gasteiger partial charge is 0.481 e. The number of H-pyrrole nitrogens is 1. The van der Waals surface area contributed by atoms with E-state index in [9.17, 15) is 4.79 Å². The molecule has 90 valence electrons. The van der Waals surface area contributed by atoms with Crippen LogP contribution in [-0.2, 0) is 4.79 Å². The van der Waals surface area contributed by atoms with Crippen LogP contribution in [0.2, 0.25) is 0 Å². The predicted molar refractivity (Wildman–Crippen MR) is 67.3 cm³/mol. The first kappa shape index (κ1) is 11.9. The maximum absolute atomic E-state index is 10.7. The van der Waals surface area contributed by atoms with E-state index >= 15 is 0 Å². The van der Waals surface area contributed by atoms with Gasteiger partial charge in [0.15, 0.2) is 0 Å². The van der Waals surface area contributed by atoms with Gasteiger partial charge in [0.05, 0.1) is 17.8 Å². The van der Waals surface area contributed by atoms with E-state index in [0.717, 1.165) is 21.3 Å². The Morgan fingerprint density at radius 1 is 1.65 bits per heavy atom. The number of hydrogen-bond acceptors (Lipinski definition) is 3. The van der Waals surface area contributed by atoms with E-state index in [4.69, 9.17) is 5.11 Å². The minimum Gasteiger partial charge on any atom is -0.481 e.